The van der Waals surface area contributed by atoms with Gasteiger partial charge in [0.2, 0.25) is 0 Å². The molecule has 1 rings (SSSR count). The number of urea groups is 1. The Morgan fingerprint density at radius 1 is 1.29 bits per heavy atom. The van der Waals surface area contributed by atoms with E-state index in [2.05, 4.69) is 24.5 Å². The molecule has 0 fully saturated rings. The van der Waals surface area contributed by atoms with Crippen LogP contribution < -0.4 is 15.4 Å². The monoisotopic (exact) mass is 294 g/mol. The minimum absolute atomic E-state index is 0.0913. The van der Waals surface area contributed by atoms with Crippen LogP contribution in [0.3, 0.4) is 0 Å². The summed E-state index contributed by atoms with van der Waals surface area (Å²) >= 11 is 0. The van der Waals surface area contributed by atoms with Crippen molar-refractivity contribution in [2.24, 2.45) is 5.92 Å². The third-order valence-corrected chi connectivity index (χ3v) is 2.56. The van der Waals surface area contributed by atoms with Gasteiger partial charge in [-0.2, -0.15) is 0 Å². The van der Waals surface area contributed by atoms with E-state index in [4.69, 9.17) is 9.84 Å². The zero-order valence-electron chi connectivity index (χ0n) is 12.4. The van der Waals surface area contributed by atoms with E-state index in [9.17, 15) is 9.59 Å². The lowest BCUT2D eigenvalue weighted by molar-refractivity contribution is -0.136. The lowest BCUT2D eigenvalue weighted by Gasteiger charge is -2.11. The molecule has 0 heterocycles. The molecule has 2 amide bonds. The second kappa shape index (κ2) is 8.84. The molecular formula is C15H22N2O4. The lowest BCUT2D eigenvalue weighted by atomic mass is 10.2. The number of aliphatic carboxylic acids is 1. The number of rotatable bonds is 8. The van der Waals surface area contributed by atoms with Crippen LogP contribution in [0.1, 0.15) is 25.8 Å². The van der Waals surface area contributed by atoms with Gasteiger partial charge in [0.25, 0.3) is 0 Å². The fraction of sp³-hybridized carbons (Fsp3) is 0.467. The third-order valence-electron chi connectivity index (χ3n) is 2.56. The molecule has 3 N–H and O–H groups in total. The van der Waals surface area contributed by atoms with Crippen molar-refractivity contribution in [1.82, 2.24) is 10.6 Å². The number of carbonyl (C=O) groups is 2. The molecule has 0 aromatic heterocycles. The number of carboxylic acid groups (broad SMARTS) is 1. The van der Waals surface area contributed by atoms with Gasteiger partial charge in [-0.05, 0) is 23.6 Å². The molecule has 21 heavy (non-hydrogen) atoms. The molecule has 0 aliphatic rings. The summed E-state index contributed by atoms with van der Waals surface area (Å²) < 4.78 is 5.61. The maximum atomic E-state index is 11.5. The molecule has 0 aliphatic heterocycles. The second-order valence-electron chi connectivity index (χ2n) is 5.11. The number of nitrogens with one attached hydrogen (secondary N) is 2. The van der Waals surface area contributed by atoms with E-state index >= 15 is 0 Å². The van der Waals surface area contributed by atoms with Crippen LogP contribution in [0.25, 0.3) is 0 Å². The first-order valence-corrected chi connectivity index (χ1v) is 6.92. The van der Waals surface area contributed by atoms with Crippen molar-refractivity contribution in [2.45, 2.75) is 26.8 Å². The normalized spacial score (nSPS) is 10.2. The summed E-state index contributed by atoms with van der Waals surface area (Å²) in [5, 5.41) is 13.6. The van der Waals surface area contributed by atoms with Gasteiger partial charge in [-0.15, -0.1) is 0 Å². The summed E-state index contributed by atoms with van der Waals surface area (Å²) in [6, 6.07) is 7.12. The van der Waals surface area contributed by atoms with Crippen LogP contribution in [-0.2, 0) is 11.3 Å². The average molecular weight is 294 g/mol. The van der Waals surface area contributed by atoms with Crippen LogP contribution in [0, 0.1) is 5.92 Å². The largest absolute Gasteiger partial charge is 0.493 e. The Morgan fingerprint density at radius 3 is 2.71 bits per heavy atom. The smallest absolute Gasteiger partial charge is 0.315 e. The Balaban J connectivity index is 2.35. The van der Waals surface area contributed by atoms with E-state index in [-0.39, 0.29) is 19.0 Å². The predicted octanol–water partition coefficient (Wildman–Crippen LogP) is 2.00. The summed E-state index contributed by atoms with van der Waals surface area (Å²) in [6.07, 6.45) is -0.0913. The zero-order valence-corrected chi connectivity index (χ0v) is 12.4. The number of ether oxygens (including phenoxy) is 1. The van der Waals surface area contributed by atoms with Crippen LogP contribution in [-0.4, -0.2) is 30.3 Å². The van der Waals surface area contributed by atoms with Gasteiger partial charge < -0.3 is 20.5 Å². The van der Waals surface area contributed by atoms with Crippen molar-refractivity contribution in [3.8, 4) is 5.75 Å². The Bertz CT molecular complexity index is 474. The summed E-state index contributed by atoms with van der Waals surface area (Å²) in [7, 11) is 0. The molecule has 0 radical (unpaired) electrons. The molecule has 0 bridgehead atoms. The van der Waals surface area contributed by atoms with E-state index in [0.717, 1.165) is 11.3 Å². The SMILES string of the molecule is CC(C)COc1cccc(CNC(=O)NCCC(=O)O)c1. The highest BCUT2D eigenvalue weighted by Gasteiger charge is 2.03. The summed E-state index contributed by atoms with van der Waals surface area (Å²) in [6.45, 7) is 5.27. The molecule has 0 spiro atoms. The highest BCUT2D eigenvalue weighted by Crippen LogP contribution is 2.14. The first kappa shape index (κ1) is 16.8. The first-order chi connectivity index (χ1) is 9.97. The zero-order chi connectivity index (χ0) is 15.7. The number of benzene rings is 1. The van der Waals surface area contributed by atoms with Crippen molar-refractivity contribution in [3.63, 3.8) is 0 Å². The van der Waals surface area contributed by atoms with Gasteiger partial charge in [0.15, 0.2) is 0 Å². The van der Waals surface area contributed by atoms with E-state index < -0.39 is 5.97 Å². The lowest BCUT2D eigenvalue weighted by Crippen LogP contribution is -2.36. The van der Waals surface area contributed by atoms with Gasteiger partial charge >= 0.3 is 12.0 Å². The maximum Gasteiger partial charge on any atom is 0.315 e. The van der Waals surface area contributed by atoms with Gasteiger partial charge in [0.1, 0.15) is 5.75 Å². The Hall–Kier alpha value is -2.24. The molecule has 116 valence electrons. The molecule has 0 unspecified atom stereocenters. The topological polar surface area (TPSA) is 87.7 Å². The molecule has 0 aliphatic carbocycles. The highest BCUT2D eigenvalue weighted by atomic mass is 16.5. The van der Waals surface area contributed by atoms with Crippen molar-refractivity contribution in [1.29, 1.82) is 0 Å². The fourth-order valence-corrected chi connectivity index (χ4v) is 1.54. The number of carbonyl (C=O) groups excluding carboxylic acids is 1. The molecule has 0 atom stereocenters. The van der Waals surface area contributed by atoms with Gasteiger partial charge in [0, 0.05) is 13.1 Å². The molecule has 0 saturated heterocycles. The quantitative estimate of drug-likeness (QED) is 0.684. The molecule has 6 nitrogen and oxygen atoms in total. The van der Waals surface area contributed by atoms with E-state index in [1.165, 1.54) is 0 Å². The summed E-state index contributed by atoms with van der Waals surface area (Å²) in [5.41, 5.74) is 0.921. The van der Waals surface area contributed by atoms with E-state index in [1.807, 2.05) is 24.3 Å². The van der Waals surface area contributed by atoms with E-state index in [0.29, 0.717) is 19.1 Å². The van der Waals surface area contributed by atoms with Crippen LogP contribution >= 0.6 is 0 Å². The Kier molecular flexibility index (Phi) is 7.08. The molecule has 6 heteroatoms. The van der Waals surface area contributed by atoms with Crippen molar-refractivity contribution < 1.29 is 19.4 Å². The summed E-state index contributed by atoms with van der Waals surface area (Å²) in [5.74, 6) is 0.284. The minimum Gasteiger partial charge on any atom is -0.493 e. The minimum atomic E-state index is -0.940. The number of amides is 2. The average Bonchev–Trinajstić information content (AvgIpc) is 2.43. The number of carboxylic acids is 1. The molecule has 1 aromatic rings. The van der Waals surface area contributed by atoms with E-state index in [1.54, 1.807) is 0 Å². The first-order valence-electron chi connectivity index (χ1n) is 6.92. The molecule has 1 aromatic carbocycles. The molecular weight excluding hydrogens is 272 g/mol. The number of hydrogen-bond acceptors (Lipinski definition) is 3. The highest BCUT2D eigenvalue weighted by molar-refractivity contribution is 5.74. The van der Waals surface area contributed by atoms with Gasteiger partial charge in [0.05, 0.1) is 13.0 Å². The Morgan fingerprint density at radius 2 is 2.05 bits per heavy atom. The third kappa shape index (κ3) is 7.81. The van der Waals surface area contributed by atoms with Gasteiger partial charge in [-0.25, -0.2) is 4.79 Å². The van der Waals surface area contributed by atoms with Crippen LogP contribution in [0.15, 0.2) is 24.3 Å². The van der Waals surface area contributed by atoms with Crippen molar-refractivity contribution >= 4 is 12.0 Å². The van der Waals surface area contributed by atoms with Crippen LogP contribution in [0.4, 0.5) is 4.79 Å². The standard InChI is InChI=1S/C15H22N2O4/c1-11(2)10-21-13-5-3-4-12(8-13)9-17-15(20)16-7-6-14(18)19/h3-5,8,11H,6-7,9-10H2,1-2H3,(H,18,19)(H2,16,17,20). The van der Waals surface area contributed by atoms with Crippen LogP contribution in [0.5, 0.6) is 5.75 Å². The van der Waals surface area contributed by atoms with Crippen molar-refractivity contribution in [2.75, 3.05) is 13.2 Å². The van der Waals surface area contributed by atoms with Gasteiger partial charge in [-0.1, -0.05) is 26.0 Å². The maximum absolute atomic E-state index is 11.5. The second-order valence-corrected chi connectivity index (χ2v) is 5.11. The van der Waals surface area contributed by atoms with Crippen molar-refractivity contribution in [3.05, 3.63) is 29.8 Å². The van der Waals surface area contributed by atoms with Crippen LogP contribution in [0.2, 0.25) is 0 Å². The van der Waals surface area contributed by atoms with Gasteiger partial charge in [-0.3, -0.25) is 4.79 Å². The fourth-order valence-electron chi connectivity index (χ4n) is 1.54. The molecule has 0 saturated carbocycles. The Labute approximate surface area is 124 Å². The summed E-state index contributed by atoms with van der Waals surface area (Å²) in [4.78, 5) is 21.8. The predicted molar refractivity (Wildman–Crippen MR) is 79.3 cm³/mol. The number of hydrogen-bond donors (Lipinski definition) is 3.